The average Bonchev–Trinajstić information content (AvgIpc) is 2.58. The van der Waals surface area contributed by atoms with Gasteiger partial charge in [-0.1, -0.05) is 25.1 Å². The minimum absolute atomic E-state index is 0.235. The van der Waals surface area contributed by atoms with E-state index in [0.717, 1.165) is 6.42 Å². The Bertz CT molecular complexity index is 480. The summed E-state index contributed by atoms with van der Waals surface area (Å²) in [4.78, 5) is 0. The van der Waals surface area contributed by atoms with Crippen molar-refractivity contribution in [2.45, 2.75) is 25.8 Å². The molecule has 0 saturated carbocycles. The molecule has 2 nitrogen and oxygen atoms in total. The van der Waals surface area contributed by atoms with Crippen molar-refractivity contribution in [2.75, 3.05) is 0 Å². The number of para-hydroxylation sites is 1. The van der Waals surface area contributed by atoms with Crippen molar-refractivity contribution in [1.82, 2.24) is 4.57 Å². The van der Waals surface area contributed by atoms with Gasteiger partial charge in [-0.25, -0.2) is 0 Å². The van der Waals surface area contributed by atoms with E-state index in [9.17, 15) is 0 Å². The van der Waals surface area contributed by atoms with E-state index in [1.165, 1.54) is 16.5 Å². The SMILES string of the molecule is CCC(C)(N)c1cn(C)c2ccccc12. The first-order chi connectivity index (χ1) is 7.06. The van der Waals surface area contributed by atoms with Gasteiger partial charge >= 0.3 is 0 Å². The maximum atomic E-state index is 6.30. The lowest BCUT2D eigenvalue weighted by molar-refractivity contribution is 0.479. The molecule has 2 heteroatoms. The van der Waals surface area contributed by atoms with Crippen LogP contribution in [0, 0.1) is 0 Å². The molecule has 2 rings (SSSR count). The number of nitrogens with zero attached hydrogens (tertiary/aromatic N) is 1. The van der Waals surface area contributed by atoms with E-state index >= 15 is 0 Å². The quantitative estimate of drug-likeness (QED) is 0.797. The van der Waals surface area contributed by atoms with Crippen LogP contribution in [-0.4, -0.2) is 4.57 Å². The number of benzene rings is 1. The second kappa shape index (κ2) is 3.38. The molecule has 0 aliphatic heterocycles. The lowest BCUT2D eigenvalue weighted by atomic mass is 9.90. The molecule has 0 radical (unpaired) electrons. The minimum atomic E-state index is -0.235. The Morgan fingerprint density at radius 3 is 2.67 bits per heavy atom. The van der Waals surface area contributed by atoms with E-state index in [0.29, 0.717) is 0 Å². The maximum absolute atomic E-state index is 6.30. The predicted molar refractivity (Wildman–Crippen MR) is 64.7 cm³/mol. The van der Waals surface area contributed by atoms with Gasteiger partial charge in [-0.05, 0) is 25.0 Å². The molecular weight excluding hydrogens is 184 g/mol. The Labute approximate surface area is 90.7 Å². The minimum Gasteiger partial charge on any atom is -0.350 e. The highest BCUT2D eigenvalue weighted by Gasteiger charge is 2.22. The second-order valence-corrected chi connectivity index (χ2v) is 4.44. The number of rotatable bonds is 2. The van der Waals surface area contributed by atoms with Crippen molar-refractivity contribution < 1.29 is 0 Å². The molecule has 0 aliphatic rings. The third-order valence-electron chi connectivity index (χ3n) is 3.25. The van der Waals surface area contributed by atoms with Gasteiger partial charge in [0, 0.05) is 29.7 Å². The number of aryl methyl sites for hydroxylation is 1. The van der Waals surface area contributed by atoms with Crippen molar-refractivity contribution in [3.05, 3.63) is 36.0 Å². The van der Waals surface area contributed by atoms with Crippen molar-refractivity contribution in [3.8, 4) is 0 Å². The van der Waals surface area contributed by atoms with Gasteiger partial charge in [0.1, 0.15) is 0 Å². The van der Waals surface area contributed by atoms with Crippen LogP contribution in [0.15, 0.2) is 30.5 Å². The van der Waals surface area contributed by atoms with Crippen molar-refractivity contribution in [2.24, 2.45) is 12.8 Å². The van der Waals surface area contributed by atoms with Gasteiger partial charge in [-0.15, -0.1) is 0 Å². The molecule has 2 aromatic rings. The standard InChI is InChI=1S/C13H18N2/c1-4-13(2,14)11-9-15(3)12-8-6-5-7-10(11)12/h5-9H,4,14H2,1-3H3. The zero-order valence-corrected chi connectivity index (χ0v) is 9.62. The Morgan fingerprint density at radius 2 is 2.00 bits per heavy atom. The largest absolute Gasteiger partial charge is 0.350 e. The van der Waals surface area contributed by atoms with Crippen LogP contribution in [0.1, 0.15) is 25.8 Å². The molecule has 1 heterocycles. The monoisotopic (exact) mass is 202 g/mol. The highest BCUT2D eigenvalue weighted by molar-refractivity contribution is 5.84. The smallest absolute Gasteiger partial charge is 0.0481 e. The Hall–Kier alpha value is -1.28. The normalized spacial score (nSPS) is 15.5. The van der Waals surface area contributed by atoms with Crippen molar-refractivity contribution in [1.29, 1.82) is 0 Å². The van der Waals surface area contributed by atoms with Gasteiger partial charge in [0.05, 0.1) is 0 Å². The molecule has 2 N–H and O–H groups in total. The predicted octanol–water partition coefficient (Wildman–Crippen LogP) is 2.76. The van der Waals surface area contributed by atoms with Crippen LogP contribution in [-0.2, 0) is 12.6 Å². The van der Waals surface area contributed by atoms with E-state index in [4.69, 9.17) is 5.73 Å². The Balaban J connectivity index is 2.72. The van der Waals surface area contributed by atoms with E-state index in [1.807, 2.05) is 0 Å². The molecule has 1 atom stereocenters. The summed E-state index contributed by atoms with van der Waals surface area (Å²) in [6, 6.07) is 8.40. The van der Waals surface area contributed by atoms with Gasteiger partial charge in [0.15, 0.2) is 0 Å². The summed E-state index contributed by atoms with van der Waals surface area (Å²) < 4.78 is 2.14. The Kier molecular flexibility index (Phi) is 2.31. The third kappa shape index (κ3) is 1.55. The first kappa shape index (κ1) is 10.2. The molecule has 0 bridgehead atoms. The number of nitrogens with two attached hydrogens (primary N) is 1. The maximum Gasteiger partial charge on any atom is 0.0481 e. The molecule has 0 saturated heterocycles. The van der Waals surface area contributed by atoms with Crippen molar-refractivity contribution >= 4 is 10.9 Å². The highest BCUT2D eigenvalue weighted by atomic mass is 14.9. The van der Waals surface area contributed by atoms with Gasteiger partial charge in [-0.3, -0.25) is 0 Å². The van der Waals surface area contributed by atoms with Gasteiger partial charge in [0.25, 0.3) is 0 Å². The summed E-state index contributed by atoms with van der Waals surface area (Å²) >= 11 is 0. The van der Waals surface area contributed by atoms with Crippen LogP contribution >= 0.6 is 0 Å². The van der Waals surface area contributed by atoms with Crippen LogP contribution in [0.5, 0.6) is 0 Å². The number of aromatic nitrogens is 1. The van der Waals surface area contributed by atoms with Crippen LogP contribution < -0.4 is 5.73 Å². The molecule has 15 heavy (non-hydrogen) atoms. The first-order valence-electron chi connectivity index (χ1n) is 5.39. The lowest BCUT2D eigenvalue weighted by Gasteiger charge is -2.22. The van der Waals surface area contributed by atoms with Crippen LogP contribution in [0.4, 0.5) is 0 Å². The number of hydrogen-bond donors (Lipinski definition) is 1. The molecule has 0 amide bonds. The topological polar surface area (TPSA) is 30.9 Å². The Morgan fingerprint density at radius 1 is 1.33 bits per heavy atom. The molecule has 1 unspecified atom stereocenters. The number of hydrogen-bond acceptors (Lipinski definition) is 1. The molecular formula is C13H18N2. The van der Waals surface area contributed by atoms with Crippen LogP contribution in [0.2, 0.25) is 0 Å². The van der Waals surface area contributed by atoms with Crippen molar-refractivity contribution in [3.63, 3.8) is 0 Å². The van der Waals surface area contributed by atoms with Gasteiger partial charge in [0.2, 0.25) is 0 Å². The molecule has 0 fully saturated rings. The highest BCUT2D eigenvalue weighted by Crippen LogP contribution is 2.30. The summed E-state index contributed by atoms with van der Waals surface area (Å²) in [5.74, 6) is 0. The molecule has 1 aromatic heterocycles. The second-order valence-electron chi connectivity index (χ2n) is 4.44. The van der Waals surface area contributed by atoms with E-state index in [1.54, 1.807) is 0 Å². The van der Waals surface area contributed by atoms with E-state index < -0.39 is 0 Å². The summed E-state index contributed by atoms with van der Waals surface area (Å²) in [5, 5.41) is 1.27. The summed E-state index contributed by atoms with van der Waals surface area (Å²) in [6.45, 7) is 4.22. The zero-order chi connectivity index (χ0) is 11.1. The number of fused-ring (bicyclic) bond motifs is 1. The summed E-state index contributed by atoms with van der Waals surface area (Å²) in [5.41, 5.74) is 8.55. The fraction of sp³-hybridized carbons (Fsp3) is 0.385. The van der Waals surface area contributed by atoms with E-state index in [-0.39, 0.29) is 5.54 Å². The fourth-order valence-corrected chi connectivity index (χ4v) is 1.99. The first-order valence-corrected chi connectivity index (χ1v) is 5.39. The third-order valence-corrected chi connectivity index (χ3v) is 3.25. The van der Waals surface area contributed by atoms with E-state index in [2.05, 4.69) is 55.9 Å². The molecule has 1 aromatic carbocycles. The summed E-state index contributed by atoms with van der Waals surface area (Å²) in [7, 11) is 2.07. The van der Waals surface area contributed by atoms with Crippen LogP contribution in [0.3, 0.4) is 0 Å². The lowest BCUT2D eigenvalue weighted by Crippen LogP contribution is -2.31. The van der Waals surface area contributed by atoms with Gasteiger partial charge < -0.3 is 10.3 Å². The van der Waals surface area contributed by atoms with Crippen LogP contribution in [0.25, 0.3) is 10.9 Å². The molecule has 80 valence electrons. The zero-order valence-electron chi connectivity index (χ0n) is 9.62. The molecule has 0 aliphatic carbocycles. The summed E-state index contributed by atoms with van der Waals surface area (Å²) in [6.07, 6.45) is 3.09. The fourth-order valence-electron chi connectivity index (χ4n) is 1.99. The molecule has 0 spiro atoms. The van der Waals surface area contributed by atoms with Gasteiger partial charge in [-0.2, -0.15) is 0 Å². The average molecular weight is 202 g/mol.